The number of rotatable bonds is 6. The van der Waals surface area contributed by atoms with Crippen LogP contribution in [-0.4, -0.2) is 36.4 Å². The van der Waals surface area contributed by atoms with Gasteiger partial charge < -0.3 is 9.84 Å². The number of carbonyl (C=O) groups is 1. The van der Waals surface area contributed by atoms with Gasteiger partial charge in [-0.2, -0.15) is 0 Å². The molecule has 0 aliphatic heterocycles. The van der Waals surface area contributed by atoms with Crippen LogP contribution in [-0.2, 0) is 9.53 Å². The highest BCUT2D eigenvalue weighted by Gasteiger charge is 2.26. The highest BCUT2D eigenvalue weighted by Crippen LogP contribution is 2.14. The Kier molecular flexibility index (Phi) is 5.72. The van der Waals surface area contributed by atoms with E-state index in [2.05, 4.69) is 10.1 Å². The quantitative estimate of drug-likeness (QED) is 0.624. The monoisotopic (exact) mass is 203 g/mol. The van der Waals surface area contributed by atoms with Crippen molar-refractivity contribution in [2.45, 2.75) is 45.2 Å². The second-order valence-electron chi connectivity index (χ2n) is 3.78. The molecule has 0 radical (unpaired) electrons. The standard InChI is InChI=1S/C10H21NO3/c1-5-10(3,6-7-12)11-8(2)9(13)14-4/h8,11-12H,5-7H2,1-4H3. The Bertz CT molecular complexity index is 184. The van der Waals surface area contributed by atoms with E-state index in [0.29, 0.717) is 6.42 Å². The Balaban J connectivity index is 4.22. The minimum Gasteiger partial charge on any atom is -0.468 e. The zero-order valence-corrected chi connectivity index (χ0v) is 9.46. The van der Waals surface area contributed by atoms with Gasteiger partial charge in [-0.25, -0.2) is 0 Å². The number of ether oxygens (including phenoxy) is 1. The van der Waals surface area contributed by atoms with Crippen LogP contribution in [0.15, 0.2) is 0 Å². The lowest BCUT2D eigenvalue weighted by molar-refractivity contribution is -0.143. The molecule has 0 saturated heterocycles. The van der Waals surface area contributed by atoms with Gasteiger partial charge in [0.05, 0.1) is 7.11 Å². The van der Waals surface area contributed by atoms with Crippen LogP contribution < -0.4 is 5.32 Å². The molecule has 0 heterocycles. The molecule has 0 bridgehead atoms. The predicted octanol–water partition coefficient (Wildman–Crippen LogP) is 0.689. The van der Waals surface area contributed by atoms with Crippen molar-refractivity contribution in [3.05, 3.63) is 0 Å². The van der Waals surface area contributed by atoms with E-state index in [9.17, 15) is 4.79 Å². The third-order valence-electron chi connectivity index (χ3n) is 2.56. The van der Waals surface area contributed by atoms with E-state index in [1.54, 1.807) is 6.92 Å². The Labute approximate surface area is 85.6 Å². The average molecular weight is 203 g/mol. The van der Waals surface area contributed by atoms with E-state index < -0.39 is 0 Å². The molecule has 84 valence electrons. The molecule has 0 fully saturated rings. The van der Waals surface area contributed by atoms with E-state index >= 15 is 0 Å². The summed E-state index contributed by atoms with van der Waals surface area (Å²) in [7, 11) is 1.37. The molecule has 0 rings (SSSR count). The lowest BCUT2D eigenvalue weighted by Crippen LogP contribution is -2.50. The van der Waals surface area contributed by atoms with Gasteiger partial charge in [-0.15, -0.1) is 0 Å². The molecule has 0 aliphatic rings. The summed E-state index contributed by atoms with van der Waals surface area (Å²) in [5.41, 5.74) is -0.206. The highest BCUT2D eigenvalue weighted by molar-refractivity contribution is 5.75. The molecule has 0 aromatic heterocycles. The molecule has 4 nitrogen and oxygen atoms in total. The van der Waals surface area contributed by atoms with Crippen molar-refractivity contribution >= 4 is 5.97 Å². The minimum absolute atomic E-state index is 0.116. The van der Waals surface area contributed by atoms with Crippen molar-refractivity contribution in [1.29, 1.82) is 0 Å². The molecule has 0 aromatic rings. The van der Waals surface area contributed by atoms with E-state index in [1.807, 2.05) is 13.8 Å². The van der Waals surface area contributed by atoms with E-state index in [4.69, 9.17) is 5.11 Å². The molecular weight excluding hydrogens is 182 g/mol. The van der Waals surface area contributed by atoms with Crippen molar-refractivity contribution in [1.82, 2.24) is 5.32 Å². The Morgan fingerprint density at radius 2 is 2.21 bits per heavy atom. The fourth-order valence-electron chi connectivity index (χ4n) is 1.36. The molecule has 2 N–H and O–H groups in total. The molecule has 2 unspecified atom stereocenters. The maximum atomic E-state index is 11.2. The largest absolute Gasteiger partial charge is 0.468 e. The van der Waals surface area contributed by atoms with Gasteiger partial charge in [-0.3, -0.25) is 10.1 Å². The summed E-state index contributed by atoms with van der Waals surface area (Å²) in [5.74, 6) is -0.275. The minimum atomic E-state index is -0.337. The third-order valence-corrected chi connectivity index (χ3v) is 2.56. The van der Waals surface area contributed by atoms with Crippen LogP contribution in [0.5, 0.6) is 0 Å². The van der Waals surface area contributed by atoms with Crippen LogP contribution in [0.1, 0.15) is 33.6 Å². The van der Waals surface area contributed by atoms with Gasteiger partial charge in [0, 0.05) is 12.1 Å². The molecule has 0 aromatic carbocycles. The van der Waals surface area contributed by atoms with Gasteiger partial charge >= 0.3 is 5.97 Å². The Morgan fingerprint density at radius 3 is 2.57 bits per heavy atom. The van der Waals surface area contributed by atoms with Gasteiger partial charge in [0.15, 0.2) is 0 Å². The van der Waals surface area contributed by atoms with Gasteiger partial charge in [-0.05, 0) is 26.7 Å². The molecule has 2 atom stereocenters. The molecule has 0 saturated carbocycles. The van der Waals surface area contributed by atoms with Crippen molar-refractivity contribution < 1.29 is 14.6 Å². The summed E-state index contributed by atoms with van der Waals surface area (Å²) >= 11 is 0. The number of hydrogen-bond acceptors (Lipinski definition) is 4. The fraction of sp³-hybridized carbons (Fsp3) is 0.900. The average Bonchev–Trinajstić information content (AvgIpc) is 2.16. The maximum Gasteiger partial charge on any atom is 0.322 e. The van der Waals surface area contributed by atoms with Gasteiger partial charge in [0.25, 0.3) is 0 Å². The lowest BCUT2D eigenvalue weighted by Gasteiger charge is -2.31. The molecule has 0 aliphatic carbocycles. The Morgan fingerprint density at radius 1 is 1.64 bits per heavy atom. The first kappa shape index (κ1) is 13.4. The van der Waals surface area contributed by atoms with Crippen molar-refractivity contribution in [3.8, 4) is 0 Å². The SMILES string of the molecule is CCC(C)(CCO)NC(C)C(=O)OC. The van der Waals surface area contributed by atoms with Crippen LogP contribution >= 0.6 is 0 Å². The van der Waals surface area contributed by atoms with E-state index in [-0.39, 0.29) is 24.2 Å². The molecule has 0 amide bonds. The summed E-state index contributed by atoms with van der Waals surface area (Å²) in [5, 5.41) is 12.0. The normalized spacial score (nSPS) is 17.2. The van der Waals surface area contributed by atoms with Crippen LogP contribution in [0.3, 0.4) is 0 Å². The molecule has 4 heteroatoms. The third kappa shape index (κ3) is 4.07. The number of aliphatic hydroxyl groups is 1. The van der Waals surface area contributed by atoms with Crippen LogP contribution in [0.2, 0.25) is 0 Å². The van der Waals surface area contributed by atoms with Gasteiger partial charge in [0.2, 0.25) is 0 Å². The summed E-state index contributed by atoms with van der Waals surface area (Å²) in [6.45, 7) is 5.89. The zero-order valence-electron chi connectivity index (χ0n) is 9.46. The Hall–Kier alpha value is -0.610. The fourth-order valence-corrected chi connectivity index (χ4v) is 1.36. The van der Waals surface area contributed by atoms with Gasteiger partial charge in [0.1, 0.15) is 6.04 Å². The number of methoxy groups -OCH3 is 1. The van der Waals surface area contributed by atoms with E-state index in [0.717, 1.165) is 6.42 Å². The highest BCUT2D eigenvalue weighted by atomic mass is 16.5. The number of nitrogens with one attached hydrogen (secondary N) is 1. The topological polar surface area (TPSA) is 58.6 Å². The maximum absolute atomic E-state index is 11.2. The number of aliphatic hydroxyl groups excluding tert-OH is 1. The van der Waals surface area contributed by atoms with Crippen LogP contribution in [0.4, 0.5) is 0 Å². The van der Waals surface area contributed by atoms with Gasteiger partial charge in [-0.1, -0.05) is 6.92 Å². The first-order valence-corrected chi connectivity index (χ1v) is 4.95. The van der Waals surface area contributed by atoms with Crippen LogP contribution in [0, 0.1) is 0 Å². The van der Waals surface area contributed by atoms with Crippen molar-refractivity contribution in [3.63, 3.8) is 0 Å². The first-order chi connectivity index (χ1) is 6.49. The summed E-state index contributed by atoms with van der Waals surface area (Å²) < 4.78 is 4.62. The molecule has 0 spiro atoms. The first-order valence-electron chi connectivity index (χ1n) is 4.95. The number of esters is 1. The predicted molar refractivity (Wildman–Crippen MR) is 55.0 cm³/mol. The number of hydrogen-bond donors (Lipinski definition) is 2. The summed E-state index contributed by atoms with van der Waals surface area (Å²) in [6, 6.07) is -0.337. The molecule has 14 heavy (non-hydrogen) atoms. The zero-order chi connectivity index (χ0) is 11.2. The van der Waals surface area contributed by atoms with Crippen LogP contribution in [0.25, 0.3) is 0 Å². The lowest BCUT2D eigenvalue weighted by atomic mass is 9.94. The summed E-state index contributed by atoms with van der Waals surface area (Å²) in [4.78, 5) is 11.2. The second kappa shape index (κ2) is 5.98. The number of carbonyl (C=O) groups excluding carboxylic acids is 1. The summed E-state index contributed by atoms with van der Waals surface area (Å²) in [6.07, 6.45) is 1.49. The van der Waals surface area contributed by atoms with Crippen molar-refractivity contribution in [2.75, 3.05) is 13.7 Å². The molecular formula is C10H21NO3. The second-order valence-corrected chi connectivity index (χ2v) is 3.78. The van der Waals surface area contributed by atoms with Crippen molar-refractivity contribution in [2.24, 2.45) is 0 Å². The smallest absolute Gasteiger partial charge is 0.322 e. The van der Waals surface area contributed by atoms with E-state index in [1.165, 1.54) is 7.11 Å².